The fourth-order valence-corrected chi connectivity index (χ4v) is 3.66. The summed E-state index contributed by atoms with van der Waals surface area (Å²) in [6, 6.07) is 14.8. The Bertz CT molecular complexity index is 1210. The van der Waals surface area contributed by atoms with Gasteiger partial charge in [-0.2, -0.15) is 5.26 Å². The minimum absolute atomic E-state index is 0.0129. The molecule has 1 N–H and O–H groups in total. The Labute approximate surface area is 178 Å². The number of pyridine rings is 1. The van der Waals surface area contributed by atoms with Crippen LogP contribution < -0.4 is 10.9 Å². The van der Waals surface area contributed by atoms with Crippen molar-refractivity contribution in [1.29, 1.82) is 5.26 Å². The van der Waals surface area contributed by atoms with Gasteiger partial charge in [0.05, 0.1) is 23.7 Å². The van der Waals surface area contributed by atoms with Crippen LogP contribution in [0.4, 0.5) is 11.4 Å². The lowest BCUT2D eigenvalue weighted by atomic mass is 10.1. The molecule has 1 aromatic heterocycles. The van der Waals surface area contributed by atoms with E-state index < -0.39 is 10.5 Å². The molecule has 2 heterocycles. The van der Waals surface area contributed by atoms with Crippen LogP contribution in [0.3, 0.4) is 0 Å². The molecule has 31 heavy (non-hydrogen) atoms. The van der Waals surface area contributed by atoms with Gasteiger partial charge < -0.3 is 10.1 Å². The van der Waals surface area contributed by atoms with Crippen molar-refractivity contribution in [1.82, 2.24) is 9.47 Å². The zero-order valence-electron chi connectivity index (χ0n) is 16.8. The zero-order valence-corrected chi connectivity index (χ0v) is 16.8. The van der Waals surface area contributed by atoms with Gasteiger partial charge in [0.25, 0.3) is 11.2 Å². The molecule has 4 rings (SSSR count). The van der Waals surface area contributed by atoms with Crippen LogP contribution in [0.1, 0.15) is 5.56 Å². The molecule has 2 aromatic carbocycles. The summed E-state index contributed by atoms with van der Waals surface area (Å²) in [4.78, 5) is 25.7. The number of benzene rings is 2. The van der Waals surface area contributed by atoms with Crippen LogP contribution in [0.2, 0.25) is 0 Å². The molecule has 3 aromatic rings. The number of rotatable bonds is 6. The van der Waals surface area contributed by atoms with Crippen LogP contribution in [-0.2, 0) is 4.74 Å². The van der Waals surface area contributed by atoms with Crippen molar-refractivity contribution in [2.75, 3.05) is 44.7 Å². The number of fused-ring (bicyclic) bond motifs is 1. The molecule has 1 aliphatic heterocycles. The average Bonchev–Trinajstić information content (AvgIpc) is 2.79. The highest BCUT2D eigenvalue weighted by Gasteiger charge is 2.14. The van der Waals surface area contributed by atoms with Crippen LogP contribution in [0.25, 0.3) is 16.6 Å². The van der Waals surface area contributed by atoms with Crippen molar-refractivity contribution in [2.24, 2.45) is 0 Å². The number of ether oxygens (including phenoxy) is 1. The smallest absolute Gasteiger partial charge is 0.273 e. The van der Waals surface area contributed by atoms with Gasteiger partial charge in [-0.05, 0) is 30.3 Å². The van der Waals surface area contributed by atoms with Crippen LogP contribution in [0.5, 0.6) is 0 Å². The molecule has 0 saturated carbocycles. The fraction of sp³-hybridized carbons (Fsp3) is 0.273. The molecule has 9 heteroatoms. The molecule has 1 fully saturated rings. The van der Waals surface area contributed by atoms with Gasteiger partial charge in [0.2, 0.25) is 0 Å². The SMILES string of the molecule is N#Cc1cc2ccc(NCCN3CCOCC3)cc2n(-c2ccc([N+](=O)[O-])cc2)c1=O. The maximum Gasteiger partial charge on any atom is 0.273 e. The first-order valence-electron chi connectivity index (χ1n) is 9.95. The molecule has 1 saturated heterocycles. The number of nitro groups is 1. The Kier molecular flexibility index (Phi) is 5.93. The topological polar surface area (TPSA) is 113 Å². The number of nitro benzene ring substituents is 1. The summed E-state index contributed by atoms with van der Waals surface area (Å²) in [5.74, 6) is 0. The minimum atomic E-state index is -0.493. The van der Waals surface area contributed by atoms with E-state index in [1.807, 2.05) is 24.3 Å². The summed E-state index contributed by atoms with van der Waals surface area (Å²) in [7, 11) is 0. The largest absolute Gasteiger partial charge is 0.384 e. The zero-order chi connectivity index (χ0) is 21.8. The quantitative estimate of drug-likeness (QED) is 0.482. The van der Waals surface area contributed by atoms with E-state index in [2.05, 4.69) is 10.2 Å². The summed E-state index contributed by atoms with van der Waals surface area (Å²) in [5, 5.41) is 24.5. The van der Waals surface area contributed by atoms with Crippen LogP contribution >= 0.6 is 0 Å². The lowest BCUT2D eigenvalue weighted by Gasteiger charge is -2.26. The number of non-ortho nitro benzene ring substituents is 1. The predicted molar refractivity (Wildman–Crippen MR) is 117 cm³/mol. The van der Waals surface area contributed by atoms with E-state index >= 15 is 0 Å². The monoisotopic (exact) mass is 419 g/mol. The highest BCUT2D eigenvalue weighted by atomic mass is 16.6. The maximum atomic E-state index is 12.9. The summed E-state index contributed by atoms with van der Waals surface area (Å²) in [6.45, 7) is 4.94. The van der Waals surface area contributed by atoms with Gasteiger partial charge in [-0.3, -0.25) is 24.4 Å². The minimum Gasteiger partial charge on any atom is -0.384 e. The fourth-order valence-electron chi connectivity index (χ4n) is 3.66. The Morgan fingerprint density at radius 2 is 1.87 bits per heavy atom. The number of nitrogens with zero attached hydrogens (tertiary/aromatic N) is 4. The predicted octanol–water partition coefficient (Wildman–Crippen LogP) is 2.51. The Hall–Kier alpha value is -3.74. The number of nitriles is 1. The molecule has 1 aliphatic rings. The summed E-state index contributed by atoms with van der Waals surface area (Å²) in [6.07, 6.45) is 0. The third kappa shape index (κ3) is 4.40. The van der Waals surface area contributed by atoms with Gasteiger partial charge in [0, 0.05) is 55.1 Å². The van der Waals surface area contributed by atoms with E-state index in [9.17, 15) is 20.2 Å². The maximum absolute atomic E-state index is 12.9. The van der Waals surface area contributed by atoms with Gasteiger partial charge in [0.15, 0.2) is 0 Å². The number of hydrogen-bond acceptors (Lipinski definition) is 7. The number of aromatic nitrogens is 1. The van der Waals surface area contributed by atoms with Crippen LogP contribution in [-0.4, -0.2) is 53.8 Å². The second kappa shape index (κ2) is 8.95. The standard InChI is InChI=1S/C22H21N5O4/c23-15-17-13-16-1-2-18(24-7-8-25-9-11-31-12-10-25)14-21(16)26(22(17)28)19-3-5-20(6-4-19)27(29)30/h1-6,13-14,24H,7-12H2. The second-order valence-electron chi connectivity index (χ2n) is 7.24. The van der Waals surface area contributed by atoms with Crippen molar-refractivity contribution >= 4 is 22.3 Å². The Morgan fingerprint density at radius 1 is 1.13 bits per heavy atom. The number of anilines is 1. The lowest BCUT2D eigenvalue weighted by molar-refractivity contribution is -0.384. The molecular formula is C22H21N5O4. The van der Waals surface area contributed by atoms with E-state index in [1.165, 1.54) is 28.8 Å². The highest BCUT2D eigenvalue weighted by molar-refractivity contribution is 5.85. The van der Waals surface area contributed by atoms with Gasteiger partial charge in [0.1, 0.15) is 11.6 Å². The third-order valence-electron chi connectivity index (χ3n) is 5.30. The van der Waals surface area contributed by atoms with Gasteiger partial charge in [-0.1, -0.05) is 6.07 Å². The van der Waals surface area contributed by atoms with E-state index in [1.54, 1.807) is 6.07 Å². The summed E-state index contributed by atoms with van der Waals surface area (Å²) in [5.41, 5.74) is 1.41. The van der Waals surface area contributed by atoms with Gasteiger partial charge >= 0.3 is 0 Å². The highest BCUT2D eigenvalue weighted by Crippen LogP contribution is 2.23. The van der Waals surface area contributed by atoms with Crippen molar-refractivity contribution in [2.45, 2.75) is 0 Å². The molecular weight excluding hydrogens is 398 g/mol. The number of hydrogen-bond donors (Lipinski definition) is 1. The number of nitrogens with one attached hydrogen (secondary N) is 1. The van der Waals surface area contributed by atoms with E-state index in [-0.39, 0.29) is 11.3 Å². The van der Waals surface area contributed by atoms with Crippen LogP contribution in [0.15, 0.2) is 53.3 Å². The second-order valence-corrected chi connectivity index (χ2v) is 7.24. The lowest BCUT2D eigenvalue weighted by Crippen LogP contribution is -2.39. The van der Waals surface area contributed by atoms with Crippen molar-refractivity contribution in [3.05, 3.63) is 74.6 Å². The normalized spacial score (nSPS) is 14.3. The number of morpholine rings is 1. The molecule has 158 valence electrons. The third-order valence-corrected chi connectivity index (χ3v) is 5.30. The summed E-state index contributed by atoms with van der Waals surface area (Å²) < 4.78 is 6.78. The average molecular weight is 419 g/mol. The first-order chi connectivity index (χ1) is 15.1. The van der Waals surface area contributed by atoms with Gasteiger partial charge in [-0.25, -0.2) is 0 Å². The van der Waals surface area contributed by atoms with E-state index in [4.69, 9.17) is 4.74 Å². The Morgan fingerprint density at radius 3 is 2.55 bits per heavy atom. The molecule has 0 amide bonds. The molecule has 0 unspecified atom stereocenters. The first kappa shape index (κ1) is 20.5. The van der Waals surface area contributed by atoms with Crippen molar-refractivity contribution in [3.63, 3.8) is 0 Å². The summed E-state index contributed by atoms with van der Waals surface area (Å²) >= 11 is 0. The molecule has 0 atom stereocenters. The molecule has 0 aliphatic carbocycles. The first-order valence-corrected chi connectivity index (χ1v) is 9.95. The molecule has 9 nitrogen and oxygen atoms in total. The van der Waals surface area contributed by atoms with Gasteiger partial charge in [-0.15, -0.1) is 0 Å². The van der Waals surface area contributed by atoms with E-state index in [0.29, 0.717) is 11.2 Å². The molecule has 0 spiro atoms. The molecule has 0 radical (unpaired) electrons. The van der Waals surface area contributed by atoms with Crippen LogP contribution in [0, 0.1) is 21.4 Å². The molecule has 0 bridgehead atoms. The van der Waals surface area contributed by atoms with Crippen molar-refractivity contribution in [3.8, 4) is 11.8 Å². The van der Waals surface area contributed by atoms with E-state index in [0.717, 1.165) is 50.5 Å². The Balaban J connectivity index is 1.68. The van der Waals surface area contributed by atoms with Crippen molar-refractivity contribution < 1.29 is 9.66 Å².